The minimum Gasteiger partial charge on any atom is -0.385 e. The van der Waals surface area contributed by atoms with Crippen molar-refractivity contribution < 1.29 is 9.53 Å². The van der Waals surface area contributed by atoms with Gasteiger partial charge in [-0.25, -0.2) is 0 Å². The molecular formula is C15H24N2O2. The molecule has 0 bridgehead atoms. The lowest BCUT2D eigenvalue weighted by molar-refractivity contribution is 0.0788. The maximum Gasteiger partial charge on any atom is 0.253 e. The van der Waals surface area contributed by atoms with Gasteiger partial charge >= 0.3 is 0 Å². The highest BCUT2D eigenvalue weighted by Gasteiger charge is 2.11. The highest BCUT2D eigenvalue weighted by Crippen LogP contribution is 2.13. The number of amides is 1. The van der Waals surface area contributed by atoms with Crippen LogP contribution in [0.3, 0.4) is 0 Å². The molecule has 1 aromatic carbocycles. The van der Waals surface area contributed by atoms with Gasteiger partial charge in [-0.15, -0.1) is 0 Å². The first-order valence-corrected chi connectivity index (χ1v) is 6.58. The lowest BCUT2D eigenvalue weighted by Crippen LogP contribution is -2.27. The first-order valence-electron chi connectivity index (χ1n) is 6.58. The second kappa shape index (κ2) is 7.79. The molecule has 0 aliphatic carbocycles. The molecule has 0 saturated carbocycles. The van der Waals surface area contributed by atoms with Crippen molar-refractivity contribution in [1.29, 1.82) is 0 Å². The summed E-state index contributed by atoms with van der Waals surface area (Å²) in [5, 5.41) is 0. The zero-order chi connectivity index (χ0) is 14.3. The van der Waals surface area contributed by atoms with Gasteiger partial charge in [-0.2, -0.15) is 0 Å². The van der Waals surface area contributed by atoms with Crippen molar-refractivity contribution in [3.05, 3.63) is 29.8 Å². The van der Waals surface area contributed by atoms with Gasteiger partial charge in [-0.1, -0.05) is 0 Å². The molecule has 106 valence electrons. The van der Waals surface area contributed by atoms with Gasteiger partial charge in [0.15, 0.2) is 0 Å². The molecule has 0 N–H and O–H groups in total. The molecule has 4 heteroatoms. The second-order valence-corrected chi connectivity index (χ2v) is 4.87. The fraction of sp³-hybridized carbons (Fsp3) is 0.533. The molecule has 0 aliphatic rings. The van der Waals surface area contributed by atoms with Crippen molar-refractivity contribution in [1.82, 2.24) is 4.90 Å². The van der Waals surface area contributed by atoms with Crippen LogP contribution in [0.1, 0.15) is 23.2 Å². The molecule has 0 heterocycles. The number of benzene rings is 1. The van der Waals surface area contributed by atoms with E-state index < -0.39 is 0 Å². The molecule has 0 atom stereocenters. The summed E-state index contributed by atoms with van der Waals surface area (Å²) >= 11 is 0. The van der Waals surface area contributed by atoms with E-state index in [2.05, 4.69) is 0 Å². The fourth-order valence-electron chi connectivity index (χ4n) is 1.82. The van der Waals surface area contributed by atoms with E-state index in [4.69, 9.17) is 4.74 Å². The fourth-order valence-corrected chi connectivity index (χ4v) is 1.82. The van der Waals surface area contributed by atoms with Crippen LogP contribution in [0.5, 0.6) is 0 Å². The number of unbranched alkanes of at least 4 members (excludes halogenated alkanes) is 1. The number of ether oxygens (including phenoxy) is 1. The Bertz CT molecular complexity index is 388. The highest BCUT2D eigenvalue weighted by atomic mass is 16.5. The van der Waals surface area contributed by atoms with Gasteiger partial charge in [0.05, 0.1) is 0 Å². The average Bonchev–Trinajstić information content (AvgIpc) is 2.42. The van der Waals surface area contributed by atoms with Crippen LogP contribution >= 0.6 is 0 Å². The number of anilines is 1. The lowest BCUT2D eigenvalue weighted by atomic mass is 10.1. The van der Waals surface area contributed by atoms with Gasteiger partial charge in [-0.3, -0.25) is 4.79 Å². The number of nitrogens with zero attached hydrogens (tertiary/aromatic N) is 2. The number of carbonyl (C=O) groups is 1. The summed E-state index contributed by atoms with van der Waals surface area (Å²) < 4.78 is 5.00. The molecule has 1 rings (SSSR count). The van der Waals surface area contributed by atoms with Crippen molar-refractivity contribution in [3.8, 4) is 0 Å². The molecular weight excluding hydrogens is 240 g/mol. The number of rotatable bonds is 7. The summed E-state index contributed by atoms with van der Waals surface area (Å²) in [4.78, 5) is 16.0. The van der Waals surface area contributed by atoms with Crippen LogP contribution in [0.2, 0.25) is 0 Å². The predicted molar refractivity (Wildman–Crippen MR) is 78.8 cm³/mol. The van der Waals surface area contributed by atoms with Crippen LogP contribution in [0.4, 0.5) is 5.69 Å². The van der Waals surface area contributed by atoms with Crippen molar-refractivity contribution >= 4 is 11.6 Å². The molecule has 0 aliphatic heterocycles. The van der Waals surface area contributed by atoms with Crippen LogP contribution in [0, 0.1) is 0 Å². The van der Waals surface area contributed by atoms with E-state index in [1.165, 1.54) is 0 Å². The SMILES string of the molecule is COCCCCN(C)C(=O)c1ccc(N(C)C)cc1. The minimum absolute atomic E-state index is 0.0720. The van der Waals surface area contributed by atoms with Crippen LogP contribution in [-0.2, 0) is 4.74 Å². The zero-order valence-electron chi connectivity index (χ0n) is 12.3. The smallest absolute Gasteiger partial charge is 0.253 e. The average molecular weight is 264 g/mol. The molecule has 1 amide bonds. The first kappa shape index (κ1) is 15.5. The van der Waals surface area contributed by atoms with Crippen molar-refractivity contribution in [3.63, 3.8) is 0 Å². The maximum atomic E-state index is 12.2. The molecule has 0 aromatic heterocycles. The minimum atomic E-state index is 0.0720. The van der Waals surface area contributed by atoms with E-state index >= 15 is 0 Å². The molecule has 4 nitrogen and oxygen atoms in total. The maximum absolute atomic E-state index is 12.2. The summed E-state index contributed by atoms with van der Waals surface area (Å²) in [7, 11) is 7.51. The van der Waals surface area contributed by atoms with Crippen molar-refractivity contribution in [2.75, 3.05) is 46.3 Å². The summed E-state index contributed by atoms with van der Waals surface area (Å²) in [6, 6.07) is 7.69. The van der Waals surface area contributed by atoms with Gasteiger partial charge in [0.25, 0.3) is 5.91 Å². The van der Waals surface area contributed by atoms with Crippen LogP contribution in [0.25, 0.3) is 0 Å². The molecule has 0 spiro atoms. The molecule has 0 saturated heterocycles. The Morgan fingerprint density at radius 2 is 1.74 bits per heavy atom. The van der Waals surface area contributed by atoms with Gasteiger partial charge in [0, 0.05) is 52.7 Å². The van der Waals surface area contributed by atoms with Crippen LogP contribution < -0.4 is 4.90 Å². The second-order valence-electron chi connectivity index (χ2n) is 4.87. The van der Waals surface area contributed by atoms with E-state index in [1.807, 2.05) is 50.3 Å². The number of methoxy groups -OCH3 is 1. The Labute approximate surface area is 116 Å². The van der Waals surface area contributed by atoms with E-state index in [0.29, 0.717) is 0 Å². The number of hydrogen-bond donors (Lipinski definition) is 0. The van der Waals surface area contributed by atoms with Crippen LogP contribution in [-0.4, -0.2) is 52.2 Å². The molecule has 0 fully saturated rings. The quantitative estimate of drug-likeness (QED) is 0.708. The number of hydrogen-bond acceptors (Lipinski definition) is 3. The number of carbonyl (C=O) groups excluding carboxylic acids is 1. The Kier molecular flexibility index (Phi) is 6.36. The summed E-state index contributed by atoms with van der Waals surface area (Å²) in [5.74, 6) is 0.0720. The highest BCUT2D eigenvalue weighted by molar-refractivity contribution is 5.94. The van der Waals surface area contributed by atoms with E-state index in [0.717, 1.165) is 37.2 Å². The Morgan fingerprint density at radius 1 is 1.11 bits per heavy atom. The topological polar surface area (TPSA) is 32.8 Å². The van der Waals surface area contributed by atoms with E-state index in [9.17, 15) is 4.79 Å². The third kappa shape index (κ3) is 4.91. The lowest BCUT2D eigenvalue weighted by Gasteiger charge is -2.18. The van der Waals surface area contributed by atoms with Gasteiger partial charge in [-0.05, 0) is 37.1 Å². The molecule has 1 aromatic rings. The zero-order valence-corrected chi connectivity index (χ0v) is 12.3. The predicted octanol–water partition coefficient (Wildman–Crippen LogP) is 2.25. The molecule has 0 unspecified atom stereocenters. The Morgan fingerprint density at radius 3 is 2.26 bits per heavy atom. The summed E-state index contributed by atoms with van der Waals surface area (Å²) in [5.41, 5.74) is 1.83. The third-order valence-electron chi connectivity index (χ3n) is 3.07. The Balaban J connectivity index is 2.51. The van der Waals surface area contributed by atoms with Gasteiger partial charge in [0.2, 0.25) is 0 Å². The first-order chi connectivity index (χ1) is 9.06. The van der Waals surface area contributed by atoms with E-state index in [1.54, 1.807) is 12.0 Å². The van der Waals surface area contributed by atoms with E-state index in [-0.39, 0.29) is 5.91 Å². The van der Waals surface area contributed by atoms with Crippen molar-refractivity contribution in [2.45, 2.75) is 12.8 Å². The standard InChI is InChI=1S/C15H24N2O2/c1-16(2)14-9-7-13(8-10-14)15(18)17(3)11-5-6-12-19-4/h7-10H,5-6,11-12H2,1-4H3. The molecule has 19 heavy (non-hydrogen) atoms. The monoisotopic (exact) mass is 264 g/mol. The third-order valence-corrected chi connectivity index (χ3v) is 3.07. The summed E-state index contributed by atoms with van der Waals surface area (Å²) in [6.07, 6.45) is 1.94. The van der Waals surface area contributed by atoms with Crippen molar-refractivity contribution in [2.24, 2.45) is 0 Å². The largest absolute Gasteiger partial charge is 0.385 e. The van der Waals surface area contributed by atoms with Gasteiger partial charge < -0.3 is 14.5 Å². The normalized spacial score (nSPS) is 10.3. The summed E-state index contributed by atoms with van der Waals surface area (Å²) in [6.45, 7) is 1.51. The van der Waals surface area contributed by atoms with Gasteiger partial charge in [0.1, 0.15) is 0 Å². The molecule has 0 radical (unpaired) electrons. The Hall–Kier alpha value is -1.55. The van der Waals surface area contributed by atoms with Crippen LogP contribution in [0.15, 0.2) is 24.3 Å².